The maximum Gasteiger partial charge on any atom is 0.339 e. The molecule has 0 radical (unpaired) electrons. The number of carbonyl (C=O) groups is 1. The molecule has 3 nitrogen and oxygen atoms in total. The largest absolute Gasteiger partial charge is 0.465 e. The molecule has 0 aromatic heterocycles. The monoisotopic (exact) mass is 191 g/mol. The van der Waals surface area contributed by atoms with Crippen molar-refractivity contribution in [1.29, 1.82) is 0 Å². The Hall–Kier alpha value is -1.51. The molecule has 0 fully saturated rings. The summed E-state index contributed by atoms with van der Waals surface area (Å²) < 4.78 is 4.72. The van der Waals surface area contributed by atoms with Gasteiger partial charge in [0.05, 0.1) is 18.4 Å². The van der Waals surface area contributed by atoms with Gasteiger partial charge in [0.2, 0.25) is 0 Å². The number of hydrogen-bond donors (Lipinski definition) is 1. The number of ether oxygens (including phenoxy) is 1. The summed E-state index contributed by atoms with van der Waals surface area (Å²) in [5.74, 6) is -0.268. The third-order valence-electron chi connectivity index (χ3n) is 2.63. The van der Waals surface area contributed by atoms with E-state index in [1.807, 2.05) is 12.1 Å². The zero-order valence-corrected chi connectivity index (χ0v) is 8.39. The first-order valence-corrected chi connectivity index (χ1v) is 4.68. The molecule has 74 valence electrons. The van der Waals surface area contributed by atoms with Crippen LogP contribution in [0.5, 0.6) is 0 Å². The summed E-state index contributed by atoms with van der Waals surface area (Å²) in [5.41, 5.74) is 4.08. The zero-order valence-electron chi connectivity index (χ0n) is 8.39. The maximum atomic E-state index is 11.4. The summed E-state index contributed by atoms with van der Waals surface area (Å²) in [6.07, 6.45) is 0.992. The average molecular weight is 191 g/mol. The fraction of sp³-hybridized carbons (Fsp3) is 0.364. The van der Waals surface area contributed by atoms with Crippen molar-refractivity contribution in [3.63, 3.8) is 0 Å². The Kier molecular flexibility index (Phi) is 2.15. The molecule has 0 bridgehead atoms. The first kappa shape index (κ1) is 9.06. The van der Waals surface area contributed by atoms with E-state index in [1.165, 1.54) is 18.2 Å². The Bertz CT molecular complexity index is 385. The number of rotatable bonds is 1. The van der Waals surface area contributed by atoms with E-state index in [1.54, 1.807) is 0 Å². The number of nitrogens with one attached hydrogen (secondary N) is 1. The Morgan fingerprint density at radius 1 is 1.50 bits per heavy atom. The molecule has 0 unspecified atom stereocenters. The first-order valence-electron chi connectivity index (χ1n) is 4.68. The van der Waals surface area contributed by atoms with Gasteiger partial charge < -0.3 is 10.1 Å². The van der Waals surface area contributed by atoms with Crippen LogP contribution in [0.15, 0.2) is 12.1 Å². The molecule has 0 saturated heterocycles. The van der Waals surface area contributed by atoms with E-state index in [0.717, 1.165) is 18.7 Å². The average Bonchev–Trinajstić information content (AvgIpc) is 2.67. The first-order chi connectivity index (χ1) is 6.74. The predicted molar refractivity (Wildman–Crippen MR) is 54.7 cm³/mol. The van der Waals surface area contributed by atoms with Crippen molar-refractivity contribution in [1.82, 2.24) is 0 Å². The molecular formula is C11H13NO2. The lowest BCUT2D eigenvalue weighted by Gasteiger charge is -2.08. The van der Waals surface area contributed by atoms with E-state index in [0.29, 0.717) is 5.56 Å². The molecule has 2 rings (SSSR count). The van der Waals surface area contributed by atoms with E-state index in [-0.39, 0.29) is 5.97 Å². The summed E-state index contributed by atoms with van der Waals surface area (Å²) in [6, 6.07) is 3.79. The second kappa shape index (κ2) is 3.33. The maximum absolute atomic E-state index is 11.4. The molecule has 0 aliphatic carbocycles. The third kappa shape index (κ3) is 1.25. The topological polar surface area (TPSA) is 38.3 Å². The Labute approximate surface area is 83.1 Å². The number of carbonyl (C=O) groups excluding carboxylic acids is 1. The van der Waals surface area contributed by atoms with Crippen LogP contribution in [0, 0.1) is 6.92 Å². The van der Waals surface area contributed by atoms with Gasteiger partial charge in [0.1, 0.15) is 0 Å². The van der Waals surface area contributed by atoms with Crippen LogP contribution < -0.4 is 5.32 Å². The lowest BCUT2D eigenvalue weighted by molar-refractivity contribution is 0.0602. The van der Waals surface area contributed by atoms with Crippen LogP contribution in [0.1, 0.15) is 21.5 Å². The number of hydrogen-bond acceptors (Lipinski definition) is 3. The fourth-order valence-electron chi connectivity index (χ4n) is 1.87. The van der Waals surface area contributed by atoms with Crippen molar-refractivity contribution in [2.75, 3.05) is 19.0 Å². The molecule has 0 atom stereocenters. The SMILES string of the molecule is COC(=O)c1ccc(C)c2c1NCC2. The number of aryl methyl sites for hydroxylation is 1. The van der Waals surface area contributed by atoms with Gasteiger partial charge in [-0.3, -0.25) is 0 Å². The van der Waals surface area contributed by atoms with Crippen LogP contribution in [-0.2, 0) is 11.2 Å². The molecule has 0 amide bonds. The van der Waals surface area contributed by atoms with E-state index < -0.39 is 0 Å². The number of anilines is 1. The van der Waals surface area contributed by atoms with Crippen molar-refractivity contribution in [3.8, 4) is 0 Å². The lowest BCUT2D eigenvalue weighted by Crippen LogP contribution is -2.05. The molecule has 1 heterocycles. The van der Waals surface area contributed by atoms with Gasteiger partial charge in [-0.25, -0.2) is 4.79 Å². The van der Waals surface area contributed by atoms with Gasteiger partial charge in [0, 0.05) is 6.54 Å². The van der Waals surface area contributed by atoms with Gasteiger partial charge in [-0.2, -0.15) is 0 Å². The molecule has 1 N–H and O–H groups in total. The van der Waals surface area contributed by atoms with Crippen molar-refractivity contribution >= 4 is 11.7 Å². The van der Waals surface area contributed by atoms with Crippen LogP contribution >= 0.6 is 0 Å². The fourth-order valence-corrected chi connectivity index (χ4v) is 1.87. The van der Waals surface area contributed by atoms with Gasteiger partial charge in [-0.1, -0.05) is 6.07 Å². The molecular weight excluding hydrogens is 178 g/mol. The predicted octanol–water partition coefficient (Wildman–Crippen LogP) is 1.75. The Balaban J connectivity index is 2.53. The van der Waals surface area contributed by atoms with E-state index in [4.69, 9.17) is 4.74 Å². The standard InChI is InChI=1S/C11H13NO2/c1-7-3-4-9(11(13)14-2)10-8(7)5-6-12-10/h3-4,12H,5-6H2,1-2H3. The minimum absolute atomic E-state index is 0.268. The number of benzene rings is 1. The van der Waals surface area contributed by atoms with Crippen LogP contribution in [0.4, 0.5) is 5.69 Å². The summed E-state index contributed by atoms with van der Waals surface area (Å²) in [4.78, 5) is 11.4. The van der Waals surface area contributed by atoms with Crippen molar-refractivity contribution in [3.05, 3.63) is 28.8 Å². The van der Waals surface area contributed by atoms with Crippen LogP contribution in [0.3, 0.4) is 0 Å². The van der Waals surface area contributed by atoms with Gasteiger partial charge >= 0.3 is 5.97 Å². The molecule has 3 heteroatoms. The van der Waals surface area contributed by atoms with Crippen LogP contribution in [0.25, 0.3) is 0 Å². The minimum Gasteiger partial charge on any atom is -0.465 e. The van der Waals surface area contributed by atoms with Gasteiger partial charge in [0.15, 0.2) is 0 Å². The van der Waals surface area contributed by atoms with Crippen molar-refractivity contribution in [2.45, 2.75) is 13.3 Å². The summed E-state index contributed by atoms with van der Waals surface area (Å²) in [6.45, 7) is 2.97. The molecule has 1 aliphatic rings. The summed E-state index contributed by atoms with van der Waals surface area (Å²) >= 11 is 0. The Morgan fingerprint density at radius 3 is 3.00 bits per heavy atom. The van der Waals surface area contributed by atoms with Gasteiger partial charge in [-0.15, -0.1) is 0 Å². The van der Waals surface area contributed by atoms with E-state index >= 15 is 0 Å². The highest BCUT2D eigenvalue weighted by Gasteiger charge is 2.20. The normalized spacial score (nSPS) is 13.3. The summed E-state index contributed by atoms with van der Waals surface area (Å²) in [5, 5.41) is 3.22. The second-order valence-corrected chi connectivity index (χ2v) is 3.45. The molecule has 1 aromatic carbocycles. The molecule has 14 heavy (non-hydrogen) atoms. The highest BCUT2D eigenvalue weighted by molar-refractivity contribution is 5.97. The number of methoxy groups -OCH3 is 1. The zero-order chi connectivity index (χ0) is 10.1. The van der Waals surface area contributed by atoms with Crippen molar-refractivity contribution < 1.29 is 9.53 Å². The minimum atomic E-state index is -0.268. The van der Waals surface area contributed by atoms with E-state index in [9.17, 15) is 4.79 Å². The smallest absolute Gasteiger partial charge is 0.339 e. The lowest BCUT2D eigenvalue weighted by atomic mass is 10.0. The highest BCUT2D eigenvalue weighted by Crippen LogP contribution is 2.29. The quantitative estimate of drug-likeness (QED) is 0.687. The van der Waals surface area contributed by atoms with Crippen LogP contribution in [0.2, 0.25) is 0 Å². The number of esters is 1. The molecule has 1 aliphatic heterocycles. The van der Waals surface area contributed by atoms with Crippen molar-refractivity contribution in [2.24, 2.45) is 0 Å². The van der Waals surface area contributed by atoms with E-state index in [2.05, 4.69) is 12.2 Å². The number of fused-ring (bicyclic) bond motifs is 1. The summed E-state index contributed by atoms with van der Waals surface area (Å²) in [7, 11) is 1.41. The van der Waals surface area contributed by atoms with Crippen LogP contribution in [-0.4, -0.2) is 19.6 Å². The van der Waals surface area contributed by atoms with Gasteiger partial charge in [-0.05, 0) is 30.5 Å². The Morgan fingerprint density at radius 2 is 2.29 bits per heavy atom. The molecule has 0 saturated carbocycles. The molecule has 1 aromatic rings. The van der Waals surface area contributed by atoms with Gasteiger partial charge in [0.25, 0.3) is 0 Å². The highest BCUT2D eigenvalue weighted by atomic mass is 16.5. The third-order valence-corrected chi connectivity index (χ3v) is 2.63. The molecule has 0 spiro atoms. The second-order valence-electron chi connectivity index (χ2n) is 3.45.